The van der Waals surface area contributed by atoms with Gasteiger partial charge in [0.05, 0.1) is 13.7 Å². The Balaban J connectivity index is 1.95. The maximum absolute atomic E-state index is 11.2. The number of esters is 1. The molecule has 0 aliphatic rings. The van der Waals surface area contributed by atoms with Gasteiger partial charge in [-0.1, -0.05) is 0 Å². The fourth-order valence-corrected chi connectivity index (χ4v) is 1.97. The van der Waals surface area contributed by atoms with Gasteiger partial charge in [-0.05, 0) is 19.1 Å². The zero-order valence-corrected chi connectivity index (χ0v) is 10.3. The number of hydrogen-bond donors (Lipinski definition) is 1. The van der Waals surface area contributed by atoms with Gasteiger partial charge in [0.15, 0.2) is 10.8 Å². The second kappa shape index (κ2) is 5.01. The molecule has 0 atom stereocenters. The number of methoxy groups -OCH3 is 1. The van der Waals surface area contributed by atoms with E-state index in [-0.39, 0.29) is 0 Å². The molecule has 0 amide bonds. The van der Waals surface area contributed by atoms with Gasteiger partial charge in [-0.25, -0.2) is 9.78 Å². The summed E-state index contributed by atoms with van der Waals surface area (Å²) in [5.41, 5.74) is 0.315. The third kappa shape index (κ3) is 2.85. The molecule has 0 aliphatic heterocycles. The minimum absolute atomic E-state index is 0.315. The van der Waals surface area contributed by atoms with Crippen LogP contribution in [0.25, 0.3) is 0 Å². The Bertz CT molecular complexity index is 518. The molecule has 0 saturated carbocycles. The van der Waals surface area contributed by atoms with Crippen LogP contribution in [-0.4, -0.2) is 18.1 Å². The first-order valence-electron chi connectivity index (χ1n) is 5.02. The molecule has 5 nitrogen and oxygen atoms in total. The van der Waals surface area contributed by atoms with Crippen LogP contribution in [-0.2, 0) is 11.3 Å². The summed E-state index contributed by atoms with van der Waals surface area (Å²) in [4.78, 5) is 15.3. The molecule has 2 aromatic rings. The van der Waals surface area contributed by atoms with Crippen LogP contribution in [0.2, 0.25) is 0 Å². The molecule has 0 saturated heterocycles. The Labute approximate surface area is 102 Å². The number of carbonyl (C=O) groups is 1. The predicted molar refractivity (Wildman–Crippen MR) is 64.2 cm³/mol. The largest absolute Gasteiger partial charge is 0.465 e. The van der Waals surface area contributed by atoms with E-state index in [1.165, 1.54) is 18.4 Å². The molecule has 0 radical (unpaired) electrons. The van der Waals surface area contributed by atoms with Crippen LogP contribution < -0.4 is 5.32 Å². The number of nitrogens with zero attached hydrogens (tertiary/aromatic N) is 1. The lowest BCUT2D eigenvalue weighted by Crippen LogP contribution is -2.02. The number of carbonyl (C=O) groups excluding carboxylic acids is 1. The zero-order valence-electron chi connectivity index (χ0n) is 9.52. The Hall–Kier alpha value is -1.82. The highest BCUT2D eigenvalue weighted by atomic mass is 32.1. The Morgan fingerprint density at radius 1 is 1.59 bits per heavy atom. The van der Waals surface area contributed by atoms with Crippen molar-refractivity contribution in [1.82, 2.24) is 4.98 Å². The van der Waals surface area contributed by atoms with Crippen molar-refractivity contribution in [2.75, 3.05) is 12.4 Å². The van der Waals surface area contributed by atoms with Crippen molar-refractivity contribution in [3.8, 4) is 0 Å². The van der Waals surface area contributed by atoms with Crippen LogP contribution in [0.5, 0.6) is 0 Å². The molecular weight excluding hydrogens is 240 g/mol. The quantitative estimate of drug-likeness (QED) is 0.847. The first kappa shape index (κ1) is 11.7. The molecule has 6 heteroatoms. The SMILES string of the molecule is COC(=O)c1csc(NCc2ccc(C)o2)n1. The molecular formula is C11H12N2O3S. The van der Waals surface area contributed by atoms with Crippen LogP contribution in [0, 0.1) is 6.92 Å². The Kier molecular flexibility index (Phi) is 3.43. The molecule has 0 bridgehead atoms. The van der Waals surface area contributed by atoms with Crippen LogP contribution in [0.15, 0.2) is 21.9 Å². The summed E-state index contributed by atoms with van der Waals surface area (Å²) in [6.45, 7) is 2.43. The Morgan fingerprint density at radius 3 is 3.06 bits per heavy atom. The van der Waals surface area contributed by atoms with E-state index in [2.05, 4.69) is 15.0 Å². The highest BCUT2D eigenvalue weighted by Gasteiger charge is 2.10. The second-order valence-electron chi connectivity index (χ2n) is 3.40. The van der Waals surface area contributed by atoms with Crippen LogP contribution in [0.4, 0.5) is 5.13 Å². The molecule has 90 valence electrons. The van der Waals surface area contributed by atoms with Crippen LogP contribution >= 0.6 is 11.3 Å². The van der Waals surface area contributed by atoms with E-state index in [4.69, 9.17) is 4.42 Å². The van der Waals surface area contributed by atoms with Crippen molar-refractivity contribution in [2.24, 2.45) is 0 Å². The van der Waals surface area contributed by atoms with Crippen molar-refractivity contribution in [1.29, 1.82) is 0 Å². The molecule has 0 spiro atoms. The van der Waals surface area contributed by atoms with Crippen molar-refractivity contribution in [2.45, 2.75) is 13.5 Å². The summed E-state index contributed by atoms with van der Waals surface area (Å²) < 4.78 is 9.98. The number of aryl methyl sites for hydroxylation is 1. The lowest BCUT2D eigenvalue weighted by Gasteiger charge is -1.98. The van der Waals surface area contributed by atoms with E-state index in [0.717, 1.165) is 11.5 Å². The normalized spacial score (nSPS) is 10.2. The third-order valence-electron chi connectivity index (χ3n) is 2.11. The first-order chi connectivity index (χ1) is 8.19. The zero-order chi connectivity index (χ0) is 12.3. The van der Waals surface area contributed by atoms with E-state index < -0.39 is 5.97 Å². The van der Waals surface area contributed by atoms with E-state index in [9.17, 15) is 4.79 Å². The minimum atomic E-state index is -0.428. The number of hydrogen-bond acceptors (Lipinski definition) is 6. The molecule has 17 heavy (non-hydrogen) atoms. The van der Waals surface area contributed by atoms with Crippen molar-refractivity contribution in [3.63, 3.8) is 0 Å². The van der Waals surface area contributed by atoms with Gasteiger partial charge in [-0.3, -0.25) is 0 Å². The molecule has 0 fully saturated rings. The van der Waals surface area contributed by atoms with Gasteiger partial charge in [0.25, 0.3) is 0 Å². The Morgan fingerprint density at radius 2 is 2.41 bits per heavy atom. The second-order valence-corrected chi connectivity index (χ2v) is 4.25. The lowest BCUT2D eigenvalue weighted by molar-refractivity contribution is 0.0595. The standard InChI is InChI=1S/C11H12N2O3S/c1-7-3-4-8(16-7)5-12-11-13-9(6-17-11)10(14)15-2/h3-4,6H,5H2,1-2H3,(H,12,13). The van der Waals surface area contributed by atoms with Gasteiger partial charge >= 0.3 is 5.97 Å². The number of rotatable bonds is 4. The monoisotopic (exact) mass is 252 g/mol. The maximum atomic E-state index is 11.2. The molecule has 1 N–H and O–H groups in total. The van der Waals surface area contributed by atoms with Gasteiger partial charge < -0.3 is 14.5 Å². The molecule has 2 aromatic heterocycles. The van der Waals surface area contributed by atoms with Crippen LogP contribution in [0.3, 0.4) is 0 Å². The number of nitrogens with one attached hydrogen (secondary N) is 1. The number of anilines is 1. The third-order valence-corrected chi connectivity index (χ3v) is 2.91. The predicted octanol–water partition coefficient (Wildman–Crippen LogP) is 2.44. The average molecular weight is 252 g/mol. The summed E-state index contributed by atoms with van der Waals surface area (Å²) in [6.07, 6.45) is 0. The van der Waals surface area contributed by atoms with Gasteiger partial charge in [-0.2, -0.15) is 0 Å². The smallest absolute Gasteiger partial charge is 0.357 e. The topological polar surface area (TPSA) is 64.4 Å². The van der Waals surface area contributed by atoms with E-state index >= 15 is 0 Å². The van der Waals surface area contributed by atoms with E-state index in [1.54, 1.807) is 5.38 Å². The summed E-state index contributed by atoms with van der Waals surface area (Å²) in [7, 11) is 1.33. The fourth-order valence-electron chi connectivity index (χ4n) is 1.30. The number of ether oxygens (including phenoxy) is 1. The molecule has 2 rings (SSSR count). The highest BCUT2D eigenvalue weighted by Crippen LogP contribution is 2.17. The molecule has 0 aromatic carbocycles. The van der Waals surface area contributed by atoms with E-state index in [0.29, 0.717) is 17.4 Å². The first-order valence-corrected chi connectivity index (χ1v) is 5.90. The summed E-state index contributed by atoms with van der Waals surface area (Å²) in [6, 6.07) is 3.80. The van der Waals surface area contributed by atoms with Gasteiger partial charge in [0, 0.05) is 5.38 Å². The van der Waals surface area contributed by atoms with Crippen LogP contribution in [0.1, 0.15) is 22.0 Å². The molecule has 0 unspecified atom stereocenters. The van der Waals surface area contributed by atoms with Gasteiger partial charge in [0.1, 0.15) is 11.5 Å². The van der Waals surface area contributed by atoms with Gasteiger partial charge in [-0.15, -0.1) is 11.3 Å². The maximum Gasteiger partial charge on any atom is 0.357 e. The van der Waals surface area contributed by atoms with Crippen molar-refractivity contribution >= 4 is 22.4 Å². The highest BCUT2D eigenvalue weighted by molar-refractivity contribution is 7.13. The van der Waals surface area contributed by atoms with Crippen molar-refractivity contribution in [3.05, 3.63) is 34.7 Å². The minimum Gasteiger partial charge on any atom is -0.465 e. The summed E-state index contributed by atoms with van der Waals surface area (Å²) in [5, 5.41) is 5.40. The fraction of sp³-hybridized carbons (Fsp3) is 0.273. The number of aromatic nitrogens is 1. The van der Waals surface area contributed by atoms with E-state index in [1.807, 2.05) is 19.1 Å². The van der Waals surface area contributed by atoms with Crippen molar-refractivity contribution < 1.29 is 13.9 Å². The number of furan rings is 1. The molecule has 2 heterocycles. The van der Waals surface area contributed by atoms with Gasteiger partial charge in [0.2, 0.25) is 0 Å². The average Bonchev–Trinajstić information content (AvgIpc) is 2.94. The summed E-state index contributed by atoms with van der Waals surface area (Å²) in [5.74, 6) is 1.27. The number of thiazole rings is 1. The summed E-state index contributed by atoms with van der Waals surface area (Å²) >= 11 is 1.35. The lowest BCUT2D eigenvalue weighted by atomic mass is 10.4. The molecule has 0 aliphatic carbocycles.